The molecule has 1 aliphatic heterocycles. The molecule has 1 aliphatic rings. The molecule has 0 bridgehead atoms. The van der Waals surface area contributed by atoms with Crippen molar-refractivity contribution in [2.45, 2.75) is 6.42 Å². The third-order valence-corrected chi connectivity index (χ3v) is 2.27. The fourth-order valence-electron chi connectivity index (χ4n) is 1.65. The molecular formula is C11H13NO. The molecule has 13 heavy (non-hydrogen) atoms. The lowest BCUT2D eigenvalue weighted by Gasteiger charge is -2.25. The zero-order chi connectivity index (χ0) is 9.10. The van der Waals surface area contributed by atoms with Crippen LogP contribution in [0.15, 0.2) is 36.5 Å². The first-order valence-electron chi connectivity index (χ1n) is 4.54. The van der Waals surface area contributed by atoms with Crippen LogP contribution in [-0.2, 0) is 6.42 Å². The second kappa shape index (κ2) is 3.62. The van der Waals surface area contributed by atoms with Crippen LogP contribution in [0.25, 0.3) is 0 Å². The number of aliphatic hydroxyl groups excluding tert-OH is 1. The average molecular weight is 175 g/mol. The van der Waals surface area contributed by atoms with E-state index in [0.717, 1.165) is 6.42 Å². The van der Waals surface area contributed by atoms with Gasteiger partial charge in [0.2, 0.25) is 0 Å². The Bertz CT molecular complexity index is 320. The van der Waals surface area contributed by atoms with Crippen molar-refractivity contribution in [1.82, 2.24) is 0 Å². The zero-order valence-electron chi connectivity index (χ0n) is 7.48. The van der Waals surface area contributed by atoms with E-state index >= 15 is 0 Å². The van der Waals surface area contributed by atoms with Crippen LogP contribution in [0.4, 0.5) is 5.69 Å². The number of benzene rings is 1. The van der Waals surface area contributed by atoms with Crippen LogP contribution in [-0.4, -0.2) is 18.3 Å². The van der Waals surface area contributed by atoms with Gasteiger partial charge in [0, 0.05) is 18.4 Å². The summed E-state index contributed by atoms with van der Waals surface area (Å²) in [6.07, 6.45) is 5.16. The van der Waals surface area contributed by atoms with Gasteiger partial charge in [-0.3, -0.25) is 0 Å². The van der Waals surface area contributed by atoms with Crippen molar-refractivity contribution in [3.05, 3.63) is 42.1 Å². The molecule has 0 unspecified atom stereocenters. The van der Waals surface area contributed by atoms with Gasteiger partial charge in [-0.1, -0.05) is 24.3 Å². The third-order valence-electron chi connectivity index (χ3n) is 2.27. The van der Waals surface area contributed by atoms with E-state index in [4.69, 9.17) is 5.11 Å². The molecule has 0 radical (unpaired) electrons. The number of allylic oxidation sites excluding steroid dienone is 1. The molecule has 1 heterocycles. The molecule has 2 nitrogen and oxygen atoms in total. The molecule has 0 saturated heterocycles. The molecule has 0 spiro atoms. The Hall–Kier alpha value is -1.28. The summed E-state index contributed by atoms with van der Waals surface area (Å²) in [5, 5.41) is 8.87. The normalized spacial score (nSPS) is 14.4. The maximum Gasteiger partial charge on any atom is 0.0610 e. The Balaban J connectivity index is 2.31. The first kappa shape index (κ1) is 8.32. The highest BCUT2D eigenvalue weighted by molar-refractivity contribution is 5.58. The van der Waals surface area contributed by atoms with E-state index in [1.807, 2.05) is 12.3 Å². The van der Waals surface area contributed by atoms with Gasteiger partial charge in [-0.05, 0) is 18.1 Å². The summed E-state index contributed by atoms with van der Waals surface area (Å²) in [5.41, 5.74) is 2.55. The minimum atomic E-state index is 0.193. The smallest absolute Gasteiger partial charge is 0.0610 e. The average Bonchev–Trinajstić information content (AvgIpc) is 2.19. The largest absolute Gasteiger partial charge is 0.395 e. The van der Waals surface area contributed by atoms with Crippen LogP contribution in [0.2, 0.25) is 0 Å². The quantitative estimate of drug-likeness (QED) is 0.737. The van der Waals surface area contributed by atoms with Crippen molar-refractivity contribution < 1.29 is 5.11 Å². The van der Waals surface area contributed by atoms with E-state index in [2.05, 4.69) is 29.2 Å². The summed E-state index contributed by atoms with van der Waals surface area (Å²) in [4.78, 5) is 2.08. The van der Waals surface area contributed by atoms with Crippen LogP contribution < -0.4 is 4.90 Å². The second-order valence-electron chi connectivity index (χ2n) is 3.13. The van der Waals surface area contributed by atoms with Crippen molar-refractivity contribution in [2.75, 3.05) is 18.1 Å². The molecule has 1 aromatic rings. The standard InChI is InChI=1S/C11H13NO/c13-9-8-12-7-3-5-10-4-1-2-6-11(10)12/h1-4,6-7,13H,5,8-9H2. The van der Waals surface area contributed by atoms with Gasteiger partial charge in [-0.15, -0.1) is 0 Å². The lowest BCUT2D eigenvalue weighted by Crippen LogP contribution is -2.23. The number of fused-ring (bicyclic) bond motifs is 1. The molecule has 0 amide bonds. The molecule has 1 N–H and O–H groups in total. The summed E-state index contributed by atoms with van der Waals surface area (Å²) < 4.78 is 0. The van der Waals surface area contributed by atoms with E-state index in [1.54, 1.807) is 0 Å². The number of β-amino-alcohol motifs (C(OH)–C–C–N with tert-alkyl or cyclic N) is 1. The molecule has 0 fully saturated rings. The van der Waals surface area contributed by atoms with Crippen molar-refractivity contribution in [1.29, 1.82) is 0 Å². The molecule has 0 saturated carbocycles. The van der Waals surface area contributed by atoms with Crippen LogP contribution in [0.5, 0.6) is 0 Å². The Morgan fingerprint density at radius 1 is 1.31 bits per heavy atom. The summed E-state index contributed by atoms with van der Waals surface area (Å²) in [6, 6.07) is 8.30. The summed E-state index contributed by atoms with van der Waals surface area (Å²) >= 11 is 0. The molecule has 2 heteroatoms. The van der Waals surface area contributed by atoms with Gasteiger partial charge in [0.05, 0.1) is 6.61 Å². The third kappa shape index (κ3) is 1.58. The van der Waals surface area contributed by atoms with Crippen LogP contribution in [0.3, 0.4) is 0 Å². The van der Waals surface area contributed by atoms with Gasteiger partial charge in [-0.2, -0.15) is 0 Å². The molecule has 0 atom stereocenters. The maximum absolute atomic E-state index is 8.87. The molecule has 0 aliphatic carbocycles. The predicted molar refractivity (Wildman–Crippen MR) is 53.7 cm³/mol. The molecular weight excluding hydrogens is 162 g/mol. The Morgan fingerprint density at radius 2 is 2.15 bits per heavy atom. The van der Waals surface area contributed by atoms with Gasteiger partial charge in [0.25, 0.3) is 0 Å². The van der Waals surface area contributed by atoms with Gasteiger partial charge in [0.15, 0.2) is 0 Å². The van der Waals surface area contributed by atoms with E-state index in [-0.39, 0.29) is 6.61 Å². The maximum atomic E-state index is 8.87. The molecule has 0 aromatic heterocycles. The minimum absolute atomic E-state index is 0.193. The second-order valence-corrected chi connectivity index (χ2v) is 3.13. The molecule has 68 valence electrons. The fraction of sp³-hybridized carbons (Fsp3) is 0.273. The topological polar surface area (TPSA) is 23.5 Å². The summed E-state index contributed by atoms with van der Waals surface area (Å²) in [7, 11) is 0. The minimum Gasteiger partial charge on any atom is -0.395 e. The molecule has 2 rings (SSSR count). The highest BCUT2D eigenvalue weighted by Gasteiger charge is 2.10. The Labute approximate surface area is 78.1 Å². The Kier molecular flexibility index (Phi) is 2.32. The van der Waals surface area contributed by atoms with Crippen molar-refractivity contribution in [2.24, 2.45) is 0 Å². The van der Waals surface area contributed by atoms with Gasteiger partial charge in [-0.25, -0.2) is 0 Å². The number of aliphatic hydroxyl groups is 1. The monoisotopic (exact) mass is 175 g/mol. The van der Waals surface area contributed by atoms with E-state index in [1.165, 1.54) is 11.3 Å². The number of hydrogen-bond donors (Lipinski definition) is 1. The number of para-hydroxylation sites is 1. The number of rotatable bonds is 2. The lowest BCUT2D eigenvalue weighted by atomic mass is 10.1. The van der Waals surface area contributed by atoms with Gasteiger partial charge < -0.3 is 10.0 Å². The summed E-state index contributed by atoms with van der Waals surface area (Å²) in [6.45, 7) is 0.867. The van der Waals surface area contributed by atoms with Gasteiger partial charge >= 0.3 is 0 Å². The van der Waals surface area contributed by atoms with E-state index < -0.39 is 0 Å². The number of hydrogen-bond acceptors (Lipinski definition) is 2. The van der Waals surface area contributed by atoms with Crippen molar-refractivity contribution >= 4 is 5.69 Å². The highest BCUT2D eigenvalue weighted by Crippen LogP contribution is 2.24. The van der Waals surface area contributed by atoms with Crippen LogP contribution in [0.1, 0.15) is 5.56 Å². The first-order valence-corrected chi connectivity index (χ1v) is 4.54. The van der Waals surface area contributed by atoms with Crippen LogP contribution >= 0.6 is 0 Å². The lowest BCUT2D eigenvalue weighted by molar-refractivity contribution is 0.305. The SMILES string of the molecule is OCCN1C=CCc2ccccc21. The number of nitrogens with zero attached hydrogens (tertiary/aromatic N) is 1. The van der Waals surface area contributed by atoms with Crippen molar-refractivity contribution in [3.63, 3.8) is 0 Å². The van der Waals surface area contributed by atoms with E-state index in [9.17, 15) is 0 Å². The summed E-state index contributed by atoms with van der Waals surface area (Å²) in [5.74, 6) is 0. The Morgan fingerprint density at radius 3 is 3.00 bits per heavy atom. The fourth-order valence-corrected chi connectivity index (χ4v) is 1.65. The van der Waals surface area contributed by atoms with Crippen LogP contribution in [0, 0.1) is 0 Å². The molecule has 1 aromatic carbocycles. The predicted octanol–water partition coefficient (Wildman–Crippen LogP) is 1.56. The van der Waals surface area contributed by atoms with E-state index in [0.29, 0.717) is 6.54 Å². The van der Waals surface area contributed by atoms with Gasteiger partial charge in [0.1, 0.15) is 0 Å². The number of anilines is 1. The highest BCUT2D eigenvalue weighted by atomic mass is 16.3. The zero-order valence-corrected chi connectivity index (χ0v) is 7.48. The first-order chi connectivity index (χ1) is 6.42. The van der Waals surface area contributed by atoms with Crippen molar-refractivity contribution in [3.8, 4) is 0 Å².